The van der Waals surface area contributed by atoms with Gasteiger partial charge in [0.25, 0.3) is 0 Å². The molecular weight excluding hydrogens is 235 g/mol. The second kappa shape index (κ2) is 5.83. The first-order valence-electron chi connectivity index (χ1n) is 4.52. The van der Waals surface area contributed by atoms with Gasteiger partial charge >= 0.3 is 0 Å². The van der Waals surface area contributed by atoms with Gasteiger partial charge in [0.15, 0.2) is 5.90 Å². The highest BCUT2D eigenvalue weighted by Gasteiger charge is 2.00. The zero-order valence-electron chi connectivity index (χ0n) is 8.31. The van der Waals surface area contributed by atoms with E-state index in [1.165, 1.54) is 0 Å². The Morgan fingerprint density at radius 1 is 1.40 bits per heavy atom. The Labute approximate surface area is 98.8 Å². The van der Waals surface area contributed by atoms with E-state index in [1.54, 1.807) is 18.2 Å². The number of anilines is 1. The van der Waals surface area contributed by atoms with Crippen molar-refractivity contribution in [2.45, 2.75) is 6.92 Å². The molecule has 0 bridgehead atoms. The Hall–Kier alpha value is -0.930. The maximum Gasteiger partial charge on any atom is 0.200 e. The van der Waals surface area contributed by atoms with E-state index in [0.29, 0.717) is 23.2 Å². The van der Waals surface area contributed by atoms with Crippen molar-refractivity contribution in [2.75, 3.05) is 18.5 Å². The van der Waals surface area contributed by atoms with Crippen molar-refractivity contribution in [3.05, 3.63) is 28.2 Å². The van der Waals surface area contributed by atoms with Crippen molar-refractivity contribution in [1.29, 1.82) is 5.41 Å². The van der Waals surface area contributed by atoms with Gasteiger partial charge in [0.1, 0.15) is 0 Å². The van der Waals surface area contributed by atoms with Crippen molar-refractivity contribution in [1.82, 2.24) is 0 Å². The van der Waals surface area contributed by atoms with E-state index in [0.717, 1.165) is 5.69 Å². The summed E-state index contributed by atoms with van der Waals surface area (Å²) in [5.74, 6) is 0.198. The summed E-state index contributed by atoms with van der Waals surface area (Å²) >= 11 is 11.6. The SMILES string of the molecule is CCOC(=N)CNc1ccc(Cl)c(Cl)c1. The normalized spacial score (nSPS) is 9.80. The molecule has 0 aliphatic rings. The Kier molecular flexibility index (Phi) is 4.72. The molecule has 1 aromatic rings. The molecule has 2 N–H and O–H groups in total. The minimum absolute atomic E-state index is 0.198. The molecule has 0 amide bonds. The van der Waals surface area contributed by atoms with Gasteiger partial charge in [-0.1, -0.05) is 23.2 Å². The summed E-state index contributed by atoms with van der Waals surface area (Å²) in [7, 11) is 0. The molecule has 1 rings (SSSR count). The van der Waals surface area contributed by atoms with Crippen LogP contribution in [-0.2, 0) is 4.74 Å². The van der Waals surface area contributed by atoms with Crippen molar-refractivity contribution >= 4 is 34.8 Å². The van der Waals surface area contributed by atoms with Gasteiger partial charge in [0.2, 0.25) is 0 Å². The van der Waals surface area contributed by atoms with Gasteiger partial charge in [0.05, 0.1) is 23.2 Å². The first-order valence-corrected chi connectivity index (χ1v) is 5.28. The molecular formula is C10H12Cl2N2O. The fourth-order valence-corrected chi connectivity index (χ4v) is 1.31. The monoisotopic (exact) mass is 246 g/mol. The summed E-state index contributed by atoms with van der Waals surface area (Å²) in [6, 6.07) is 5.22. The van der Waals surface area contributed by atoms with Crippen molar-refractivity contribution in [3.63, 3.8) is 0 Å². The van der Waals surface area contributed by atoms with Gasteiger partial charge in [-0.3, -0.25) is 5.41 Å². The van der Waals surface area contributed by atoms with Crippen molar-refractivity contribution in [2.24, 2.45) is 0 Å². The smallest absolute Gasteiger partial charge is 0.200 e. The van der Waals surface area contributed by atoms with Crippen LogP contribution in [0.15, 0.2) is 18.2 Å². The molecule has 0 radical (unpaired) electrons. The van der Waals surface area contributed by atoms with E-state index in [-0.39, 0.29) is 5.90 Å². The number of benzene rings is 1. The maximum absolute atomic E-state index is 7.39. The molecule has 0 spiro atoms. The van der Waals surface area contributed by atoms with Crippen LogP contribution in [0.1, 0.15) is 6.92 Å². The van der Waals surface area contributed by atoms with Gasteiger partial charge in [-0.05, 0) is 25.1 Å². The molecule has 0 atom stereocenters. The van der Waals surface area contributed by atoms with Gasteiger partial charge in [0, 0.05) is 5.69 Å². The molecule has 0 saturated heterocycles. The molecule has 0 aliphatic heterocycles. The zero-order chi connectivity index (χ0) is 11.3. The zero-order valence-corrected chi connectivity index (χ0v) is 9.82. The van der Waals surface area contributed by atoms with E-state index >= 15 is 0 Å². The second-order valence-electron chi connectivity index (χ2n) is 2.84. The third kappa shape index (κ3) is 3.98. The van der Waals surface area contributed by atoms with Crippen LogP contribution < -0.4 is 5.32 Å². The lowest BCUT2D eigenvalue weighted by molar-refractivity contribution is 0.320. The van der Waals surface area contributed by atoms with Crippen molar-refractivity contribution < 1.29 is 4.74 Å². The van der Waals surface area contributed by atoms with Gasteiger partial charge in [-0.15, -0.1) is 0 Å². The minimum Gasteiger partial charge on any atom is -0.480 e. The summed E-state index contributed by atoms with van der Waals surface area (Å²) in [6.07, 6.45) is 0. The number of halogens is 2. The van der Waals surface area contributed by atoms with Crippen LogP contribution in [0.25, 0.3) is 0 Å². The summed E-state index contributed by atoms with van der Waals surface area (Å²) in [5, 5.41) is 11.4. The molecule has 0 aromatic heterocycles. The number of ether oxygens (including phenoxy) is 1. The fourth-order valence-electron chi connectivity index (χ4n) is 1.01. The molecule has 15 heavy (non-hydrogen) atoms. The first kappa shape index (κ1) is 12.1. The van der Waals surface area contributed by atoms with E-state index in [1.807, 2.05) is 6.92 Å². The molecule has 0 aliphatic carbocycles. The Morgan fingerprint density at radius 2 is 2.13 bits per heavy atom. The summed E-state index contributed by atoms with van der Waals surface area (Å²) in [6.45, 7) is 2.68. The first-order chi connectivity index (χ1) is 7.13. The molecule has 0 saturated carbocycles. The largest absolute Gasteiger partial charge is 0.480 e. The molecule has 3 nitrogen and oxygen atoms in total. The second-order valence-corrected chi connectivity index (χ2v) is 3.65. The van der Waals surface area contributed by atoms with Crippen molar-refractivity contribution in [3.8, 4) is 0 Å². The average molecular weight is 247 g/mol. The van der Waals surface area contributed by atoms with Gasteiger partial charge in [-0.2, -0.15) is 0 Å². The quantitative estimate of drug-likeness (QED) is 0.632. The van der Waals surface area contributed by atoms with Crippen LogP contribution in [0.4, 0.5) is 5.69 Å². The molecule has 0 heterocycles. The van der Waals surface area contributed by atoms with Crippen LogP contribution in [0.3, 0.4) is 0 Å². The van der Waals surface area contributed by atoms with Crippen LogP contribution in [0.2, 0.25) is 10.0 Å². The summed E-state index contributed by atoms with van der Waals surface area (Å²) in [5.41, 5.74) is 0.814. The van der Waals surface area contributed by atoms with Gasteiger partial charge in [-0.25, -0.2) is 0 Å². The highest BCUT2D eigenvalue weighted by atomic mass is 35.5. The Balaban J connectivity index is 2.51. The number of hydrogen-bond acceptors (Lipinski definition) is 3. The lowest BCUT2D eigenvalue weighted by atomic mass is 10.3. The van der Waals surface area contributed by atoms with E-state index < -0.39 is 0 Å². The number of nitrogens with one attached hydrogen (secondary N) is 2. The average Bonchev–Trinajstić information content (AvgIpc) is 2.20. The highest BCUT2D eigenvalue weighted by Crippen LogP contribution is 2.24. The molecule has 5 heteroatoms. The van der Waals surface area contributed by atoms with E-state index in [4.69, 9.17) is 33.3 Å². The fraction of sp³-hybridized carbons (Fsp3) is 0.300. The topological polar surface area (TPSA) is 45.1 Å². The predicted molar refractivity (Wildman–Crippen MR) is 64.3 cm³/mol. The number of hydrogen-bond donors (Lipinski definition) is 2. The lowest BCUT2D eigenvalue weighted by Gasteiger charge is -2.08. The Bertz CT molecular complexity index is 355. The third-order valence-electron chi connectivity index (χ3n) is 1.69. The van der Waals surface area contributed by atoms with Crippen LogP contribution in [0.5, 0.6) is 0 Å². The minimum atomic E-state index is 0.198. The Morgan fingerprint density at radius 3 is 2.73 bits per heavy atom. The van der Waals surface area contributed by atoms with Gasteiger partial charge < -0.3 is 10.1 Å². The van der Waals surface area contributed by atoms with E-state index in [2.05, 4.69) is 5.32 Å². The summed E-state index contributed by atoms with van der Waals surface area (Å²) < 4.78 is 4.98. The van der Waals surface area contributed by atoms with Crippen LogP contribution in [0, 0.1) is 5.41 Å². The number of rotatable bonds is 4. The van der Waals surface area contributed by atoms with Crippen LogP contribution in [-0.4, -0.2) is 19.0 Å². The molecule has 0 unspecified atom stereocenters. The molecule has 82 valence electrons. The lowest BCUT2D eigenvalue weighted by Crippen LogP contribution is -2.15. The van der Waals surface area contributed by atoms with Crippen LogP contribution >= 0.6 is 23.2 Å². The maximum atomic E-state index is 7.39. The molecule has 0 fully saturated rings. The molecule has 1 aromatic carbocycles. The highest BCUT2D eigenvalue weighted by molar-refractivity contribution is 6.42. The standard InChI is InChI=1S/C10H12Cl2N2O/c1-2-15-10(13)6-14-7-3-4-8(11)9(12)5-7/h3-5,13-14H,2,6H2,1H3. The van der Waals surface area contributed by atoms with E-state index in [9.17, 15) is 0 Å². The predicted octanol–water partition coefficient (Wildman–Crippen LogP) is 3.42. The summed E-state index contributed by atoms with van der Waals surface area (Å²) in [4.78, 5) is 0. The third-order valence-corrected chi connectivity index (χ3v) is 2.43.